The maximum atomic E-state index is 5.36. The topological polar surface area (TPSA) is 37.6 Å². The van der Waals surface area contributed by atoms with Crippen LogP contribution in [0.5, 0.6) is 0 Å². The van der Waals surface area contributed by atoms with E-state index in [2.05, 4.69) is 56.3 Å². The van der Waals surface area contributed by atoms with Gasteiger partial charge < -0.3 is 37.2 Å². The van der Waals surface area contributed by atoms with Crippen molar-refractivity contribution in [1.82, 2.24) is 4.98 Å². The SMILES string of the molecule is Cc1cc(C2CCCCC2)c(N=Cc2cccc(C=Nc3c(C4CCCCC4)cc(C)cc3C3CCCCC3)n2)c(C2CCCCC2)c1.[Cl-].[Cl-].[Cl-].[Nd+3]. The van der Waals surface area contributed by atoms with Crippen LogP contribution in [0.15, 0.2) is 52.4 Å². The van der Waals surface area contributed by atoms with E-state index in [1.807, 2.05) is 12.4 Å². The molecule has 2 aromatic carbocycles. The van der Waals surface area contributed by atoms with E-state index in [1.165, 1.54) is 173 Å². The van der Waals surface area contributed by atoms with Gasteiger partial charge in [0.1, 0.15) is 0 Å². The van der Waals surface area contributed by atoms with E-state index in [-0.39, 0.29) is 78.1 Å². The minimum Gasteiger partial charge on any atom is -1.00 e. The molecule has 4 aliphatic carbocycles. The van der Waals surface area contributed by atoms with E-state index in [4.69, 9.17) is 15.0 Å². The second-order valence-electron chi connectivity index (χ2n) is 15.9. The molecule has 4 saturated carbocycles. The minimum atomic E-state index is 0. The normalized spacial score (nSPS) is 19.4. The second-order valence-corrected chi connectivity index (χ2v) is 15.9. The van der Waals surface area contributed by atoms with Gasteiger partial charge in [-0.05, 0) is 123 Å². The summed E-state index contributed by atoms with van der Waals surface area (Å²) in [5.74, 6) is 2.52. The van der Waals surface area contributed by atoms with Gasteiger partial charge in [-0.1, -0.05) is 119 Å². The number of halogens is 3. The number of aromatic nitrogens is 1. The first kappa shape index (κ1) is 45.5. The molecule has 4 aliphatic rings. The van der Waals surface area contributed by atoms with Gasteiger partial charge in [-0.25, -0.2) is 4.98 Å². The third kappa shape index (κ3) is 11.6. The first-order valence-electron chi connectivity index (χ1n) is 20.0. The molecule has 7 heteroatoms. The van der Waals surface area contributed by atoms with E-state index < -0.39 is 0 Å². The van der Waals surface area contributed by atoms with Gasteiger partial charge in [0.05, 0.1) is 35.2 Å². The van der Waals surface area contributed by atoms with Crippen molar-refractivity contribution < 1.29 is 78.1 Å². The van der Waals surface area contributed by atoms with Crippen LogP contribution in [0.4, 0.5) is 11.4 Å². The molecule has 1 aromatic heterocycles. The van der Waals surface area contributed by atoms with Crippen molar-refractivity contribution in [2.24, 2.45) is 9.98 Å². The van der Waals surface area contributed by atoms with E-state index >= 15 is 0 Å². The van der Waals surface area contributed by atoms with Crippen LogP contribution < -0.4 is 37.2 Å². The summed E-state index contributed by atoms with van der Waals surface area (Å²) in [4.78, 5) is 15.8. The standard InChI is InChI=1S/C45H59N3.3ClH.Nd/c1-32-26-40(34-16-7-3-8-17-34)44(41(27-32)35-18-9-4-10-19-35)46-30-38-24-15-25-39(48-38)31-47-45-42(36-20-11-5-12-21-36)28-33(2)29-43(45)37-22-13-6-14-23-37;;;;/h15,24-31,34-37H,3-14,16-23H2,1-2H3;3*1H;/q;;;;+3/p-3. The molecule has 279 valence electrons. The Hall–Kier alpha value is -0.849. The first-order chi connectivity index (χ1) is 23.6. The molecular formula is C45H59Cl3N3Nd. The number of pyridine rings is 1. The maximum Gasteiger partial charge on any atom is 3.00 e. The zero-order chi connectivity index (χ0) is 32.7. The Bertz CT molecular complexity index is 1400. The largest absolute Gasteiger partial charge is 3.00 e. The summed E-state index contributed by atoms with van der Waals surface area (Å²) in [6, 6.07) is 16.2. The second kappa shape index (κ2) is 22.6. The Morgan fingerprint density at radius 3 is 1.00 bits per heavy atom. The Balaban J connectivity index is 0.00000182. The quantitative estimate of drug-likeness (QED) is 0.310. The van der Waals surface area contributed by atoms with Crippen LogP contribution in [0.1, 0.15) is 197 Å². The molecule has 3 aromatic rings. The van der Waals surface area contributed by atoms with E-state index in [9.17, 15) is 0 Å². The number of hydrogen-bond acceptors (Lipinski definition) is 3. The van der Waals surface area contributed by atoms with Crippen molar-refractivity contribution in [3.05, 3.63) is 87.2 Å². The number of benzene rings is 2. The molecule has 0 spiro atoms. The molecule has 0 atom stereocenters. The van der Waals surface area contributed by atoms with Gasteiger partial charge in [0, 0.05) is 0 Å². The fraction of sp³-hybridized carbons (Fsp3) is 0.578. The summed E-state index contributed by atoms with van der Waals surface area (Å²) in [6.45, 7) is 4.59. The van der Waals surface area contributed by atoms with E-state index in [1.54, 1.807) is 0 Å². The summed E-state index contributed by atoms with van der Waals surface area (Å²) >= 11 is 0. The Morgan fingerprint density at radius 1 is 0.462 bits per heavy atom. The van der Waals surface area contributed by atoms with Crippen molar-refractivity contribution >= 4 is 23.8 Å². The van der Waals surface area contributed by atoms with Gasteiger partial charge in [-0.3, -0.25) is 9.98 Å². The summed E-state index contributed by atoms with van der Waals surface area (Å²) < 4.78 is 0. The monoisotopic (exact) mass is 888 g/mol. The molecule has 0 amide bonds. The average Bonchev–Trinajstić information content (AvgIpc) is 3.15. The third-order valence-electron chi connectivity index (χ3n) is 12.3. The van der Waals surface area contributed by atoms with Crippen LogP contribution in [0.25, 0.3) is 0 Å². The molecule has 0 aliphatic heterocycles. The molecule has 0 bridgehead atoms. The zero-order valence-corrected chi connectivity index (χ0v) is 37.1. The van der Waals surface area contributed by atoms with Gasteiger partial charge in [0.2, 0.25) is 0 Å². The van der Waals surface area contributed by atoms with Crippen molar-refractivity contribution in [2.75, 3.05) is 0 Å². The van der Waals surface area contributed by atoms with Crippen LogP contribution in [0, 0.1) is 54.7 Å². The smallest absolute Gasteiger partial charge is 1.00 e. The number of nitrogens with zero attached hydrogens (tertiary/aromatic N) is 3. The Kier molecular flexibility index (Phi) is 19.8. The number of aliphatic imine (C=N–C) groups is 2. The van der Waals surface area contributed by atoms with Crippen LogP contribution in [-0.4, -0.2) is 17.4 Å². The number of rotatable bonds is 8. The summed E-state index contributed by atoms with van der Waals surface area (Å²) in [5.41, 5.74) is 13.2. The first-order valence-corrected chi connectivity index (χ1v) is 20.0. The van der Waals surface area contributed by atoms with Crippen LogP contribution >= 0.6 is 0 Å². The molecule has 7 rings (SSSR count). The summed E-state index contributed by atoms with van der Waals surface area (Å²) in [5, 5.41) is 0. The number of hydrogen-bond donors (Lipinski definition) is 0. The molecule has 52 heavy (non-hydrogen) atoms. The molecule has 1 radical (unpaired) electrons. The average molecular weight is 893 g/mol. The molecule has 4 fully saturated rings. The summed E-state index contributed by atoms with van der Waals surface area (Å²) in [7, 11) is 0. The van der Waals surface area contributed by atoms with Crippen LogP contribution in [0.2, 0.25) is 0 Å². The molecular weight excluding hydrogens is 833 g/mol. The van der Waals surface area contributed by atoms with E-state index in [0.29, 0.717) is 23.7 Å². The molecule has 3 nitrogen and oxygen atoms in total. The van der Waals surface area contributed by atoms with Crippen LogP contribution in [0.3, 0.4) is 0 Å². The van der Waals surface area contributed by atoms with Crippen LogP contribution in [-0.2, 0) is 0 Å². The van der Waals surface area contributed by atoms with Crippen molar-refractivity contribution in [3.8, 4) is 0 Å². The van der Waals surface area contributed by atoms with Crippen molar-refractivity contribution in [3.63, 3.8) is 0 Å². The molecule has 0 N–H and O–H groups in total. The Morgan fingerprint density at radius 2 is 0.731 bits per heavy atom. The predicted octanol–water partition coefficient (Wildman–Crippen LogP) is 4.40. The number of aryl methyl sites for hydroxylation is 2. The molecule has 0 unspecified atom stereocenters. The van der Waals surface area contributed by atoms with Gasteiger partial charge in [-0.2, -0.15) is 0 Å². The predicted molar refractivity (Wildman–Crippen MR) is 204 cm³/mol. The maximum absolute atomic E-state index is 5.36. The zero-order valence-electron chi connectivity index (χ0n) is 31.6. The minimum absolute atomic E-state index is 0. The molecule has 1 heterocycles. The van der Waals surface area contributed by atoms with Gasteiger partial charge in [0.25, 0.3) is 0 Å². The fourth-order valence-electron chi connectivity index (χ4n) is 9.74. The molecule has 0 saturated heterocycles. The van der Waals surface area contributed by atoms with Gasteiger partial charge in [-0.15, -0.1) is 0 Å². The fourth-order valence-corrected chi connectivity index (χ4v) is 9.74. The third-order valence-corrected chi connectivity index (χ3v) is 12.3. The van der Waals surface area contributed by atoms with E-state index in [0.717, 1.165) is 11.4 Å². The van der Waals surface area contributed by atoms with Crippen molar-refractivity contribution in [2.45, 2.75) is 166 Å². The Labute approximate surface area is 366 Å². The summed E-state index contributed by atoms with van der Waals surface area (Å²) in [6.07, 6.45) is 30.7. The van der Waals surface area contributed by atoms with Gasteiger partial charge in [0.15, 0.2) is 0 Å². The van der Waals surface area contributed by atoms with Gasteiger partial charge >= 0.3 is 40.8 Å². The van der Waals surface area contributed by atoms with Crippen molar-refractivity contribution in [1.29, 1.82) is 0 Å².